The Hall–Kier alpha value is -2.84. The Morgan fingerprint density at radius 2 is 1.88 bits per heavy atom. The second-order valence-electron chi connectivity index (χ2n) is 7.23. The minimum Gasteiger partial charge on any atom is -0.497 e. The van der Waals surface area contributed by atoms with Crippen molar-refractivity contribution in [2.24, 2.45) is 0 Å². The average Bonchev–Trinajstić information content (AvgIpc) is 2.78. The van der Waals surface area contributed by atoms with Crippen LogP contribution in [0.3, 0.4) is 0 Å². The maximum absolute atomic E-state index is 13.3. The molecule has 0 saturated carbocycles. The van der Waals surface area contributed by atoms with Gasteiger partial charge in [-0.05, 0) is 55.0 Å². The lowest BCUT2D eigenvalue weighted by atomic mass is 9.93. The summed E-state index contributed by atoms with van der Waals surface area (Å²) in [5.41, 5.74) is 2.56. The SMILES string of the molecule is COc1cccc([C@@H]2Oc3ccc(Br)cc3C(=O)[C@H]2OC(=O)Nc2ccc(C)c(Br)c2)c1. The molecule has 3 aromatic rings. The second-order valence-corrected chi connectivity index (χ2v) is 9.00. The van der Waals surface area contributed by atoms with Gasteiger partial charge in [0, 0.05) is 20.2 Å². The Bertz CT molecular complexity index is 1200. The van der Waals surface area contributed by atoms with Crippen molar-refractivity contribution in [2.45, 2.75) is 19.1 Å². The van der Waals surface area contributed by atoms with Crippen molar-refractivity contribution in [1.82, 2.24) is 0 Å². The molecule has 0 saturated heterocycles. The van der Waals surface area contributed by atoms with Crippen LogP contribution in [0, 0.1) is 6.92 Å². The first kappa shape index (κ1) is 22.4. The lowest BCUT2D eigenvalue weighted by Crippen LogP contribution is -2.40. The number of fused-ring (bicyclic) bond motifs is 1. The van der Waals surface area contributed by atoms with Gasteiger partial charge in [-0.1, -0.05) is 50.1 Å². The molecule has 0 aliphatic carbocycles. The molecule has 8 heteroatoms. The molecule has 1 N–H and O–H groups in total. The van der Waals surface area contributed by atoms with Crippen LogP contribution < -0.4 is 14.8 Å². The van der Waals surface area contributed by atoms with Gasteiger partial charge in [0.2, 0.25) is 11.9 Å². The van der Waals surface area contributed by atoms with Crippen molar-refractivity contribution in [2.75, 3.05) is 12.4 Å². The van der Waals surface area contributed by atoms with E-state index in [-0.39, 0.29) is 5.78 Å². The number of aryl methyl sites for hydroxylation is 1. The quantitative estimate of drug-likeness (QED) is 0.396. The van der Waals surface area contributed by atoms with Crippen molar-refractivity contribution in [1.29, 1.82) is 0 Å². The molecule has 0 spiro atoms. The van der Waals surface area contributed by atoms with Crippen molar-refractivity contribution >= 4 is 49.4 Å². The summed E-state index contributed by atoms with van der Waals surface area (Å²) in [6.07, 6.45) is -2.77. The molecule has 6 nitrogen and oxygen atoms in total. The summed E-state index contributed by atoms with van der Waals surface area (Å²) in [5, 5.41) is 2.67. The molecule has 1 amide bonds. The van der Waals surface area contributed by atoms with Gasteiger partial charge in [-0.25, -0.2) is 4.79 Å². The largest absolute Gasteiger partial charge is 0.497 e. The van der Waals surface area contributed by atoms with E-state index in [0.29, 0.717) is 28.3 Å². The molecule has 3 aromatic carbocycles. The fourth-order valence-corrected chi connectivity index (χ4v) is 4.14. The third-order valence-corrected chi connectivity index (χ3v) is 6.42. The Labute approximate surface area is 202 Å². The first-order valence-corrected chi connectivity index (χ1v) is 11.3. The molecular weight excluding hydrogens is 542 g/mol. The molecule has 0 fully saturated rings. The third kappa shape index (κ3) is 4.66. The van der Waals surface area contributed by atoms with Crippen molar-refractivity contribution in [3.63, 3.8) is 0 Å². The van der Waals surface area contributed by atoms with E-state index in [2.05, 4.69) is 37.2 Å². The topological polar surface area (TPSA) is 73.9 Å². The molecule has 164 valence electrons. The van der Waals surface area contributed by atoms with E-state index < -0.39 is 18.3 Å². The molecule has 1 aliphatic heterocycles. The predicted octanol–water partition coefficient (Wildman–Crippen LogP) is 6.46. The fourth-order valence-electron chi connectivity index (χ4n) is 3.40. The van der Waals surface area contributed by atoms with Crippen LogP contribution in [0.2, 0.25) is 0 Å². The van der Waals surface area contributed by atoms with Crippen LogP contribution in [0.4, 0.5) is 10.5 Å². The third-order valence-electron chi connectivity index (χ3n) is 5.07. The summed E-state index contributed by atoms with van der Waals surface area (Å²) in [7, 11) is 1.56. The predicted molar refractivity (Wildman–Crippen MR) is 128 cm³/mol. The van der Waals surface area contributed by atoms with Gasteiger partial charge in [0.05, 0.1) is 12.7 Å². The summed E-state index contributed by atoms with van der Waals surface area (Å²) >= 11 is 6.82. The molecule has 4 rings (SSSR count). The van der Waals surface area contributed by atoms with Crippen LogP contribution in [-0.4, -0.2) is 25.1 Å². The number of hydrogen-bond acceptors (Lipinski definition) is 5. The highest BCUT2D eigenvalue weighted by Gasteiger charge is 2.41. The molecule has 0 radical (unpaired) electrons. The van der Waals surface area contributed by atoms with Crippen molar-refractivity contribution < 1.29 is 23.8 Å². The number of anilines is 1. The number of hydrogen-bond donors (Lipinski definition) is 1. The number of nitrogens with one attached hydrogen (secondary N) is 1. The van der Waals surface area contributed by atoms with Gasteiger partial charge in [-0.3, -0.25) is 10.1 Å². The zero-order valence-corrected chi connectivity index (χ0v) is 20.4. The van der Waals surface area contributed by atoms with Gasteiger partial charge >= 0.3 is 6.09 Å². The minimum absolute atomic E-state index is 0.342. The van der Waals surface area contributed by atoms with Crippen LogP contribution in [-0.2, 0) is 4.74 Å². The van der Waals surface area contributed by atoms with Gasteiger partial charge < -0.3 is 14.2 Å². The summed E-state index contributed by atoms with van der Waals surface area (Å²) in [4.78, 5) is 26.1. The fraction of sp³-hybridized carbons (Fsp3) is 0.167. The van der Waals surface area contributed by atoms with Crippen LogP contribution in [0.1, 0.15) is 27.6 Å². The van der Waals surface area contributed by atoms with Crippen LogP contribution in [0.5, 0.6) is 11.5 Å². The van der Waals surface area contributed by atoms with E-state index in [1.54, 1.807) is 61.7 Å². The zero-order chi connectivity index (χ0) is 22.8. The normalized spacial score (nSPS) is 17.2. The average molecular weight is 561 g/mol. The lowest BCUT2D eigenvalue weighted by Gasteiger charge is -2.32. The van der Waals surface area contributed by atoms with E-state index in [1.807, 2.05) is 13.0 Å². The number of carbonyl (C=O) groups excluding carboxylic acids is 2. The summed E-state index contributed by atoms with van der Waals surface area (Å²) in [5.74, 6) is 0.683. The highest BCUT2D eigenvalue weighted by atomic mass is 79.9. The Kier molecular flexibility index (Phi) is 6.53. The number of ether oxygens (including phenoxy) is 3. The molecule has 0 bridgehead atoms. The first-order chi connectivity index (χ1) is 15.4. The van der Waals surface area contributed by atoms with Gasteiger partial charge in [0.1, 0.15) is 11.5 Å². The molecule has 1 heterocycles. The summed E-state index contributed by atoms with van der Waals surface area (Å²) < 4.78 is 18.6. The highest BCUT2D eigenvalue weighted by Crippen LogP contribution is 2.38. The Balaban J connectivity index is 1.65. The first-order valence-electron chi connectivity index (χ1n) is 9.74. The van der Waals surface area contributed by atoms with Crippen molar-refractivity contribution in [3.8, 4) is 11.5 Å². The van der Waals surface area contributed by atoms with Crippen LogP contribution >= 0.6 is 31.9 Å². The molecule has 0 aromatic heterocycles. The van der Waals surface area contributed by atoms with Gasteiger partial charge in [0.15, 0.2) is 6.10 Å². The lowest BCUT2D eigenvalue weighted by molar-refractivity contribution is 0.0132. The molecule has 32 heavy (non-hydrogen) atoms. The zero-order valence-electron chi connectivity index (χ0n) is 17.2. The Morgan fingerprint density at radius 1 is 1.06 bits per heavy atom. The second kappa shape index (κ2) is 9.34. The van der Waals surface area contributed by atoms with Crippen LogP contribution in [0.15, 0.2) is 69.6 Å². The van der Waals surface area contributed by atoms with E-state index in [9.17, 15) is 9.59 Å². The number of methoxy groups -OCH3 is 1. The standard InChI is InChI=1S/C24H19Br2NO5/c1-13-6-8-16(12-19(13)26)27-24(29)32-23-21(28)18-11-15(25)7-9-20(18)31-22(23)14-4-3-5-17(10-14)30-2/h3-12,22-23H,1-2H3,(H,27,29)/t22-,23+/m0/s1. The smallest absolute Gasteiger partial charge is 0.412 e. The molecular formula is C24H19Br2NO5. The molecule has 2 atom stereocenters. The van der Waals surface area contributed by atoms with Crippen LogP contribution in [0.25, 0.3) is 0 Å². The Morgan fingerprint density at radius 3 is 2.62 bits per heavy atom. The number of ketones is 1. The van der Waals surface area contributed by atoms with E-state index in [4.69, 9.17) is 14.2 Å². The number of amides is 1. The highest BCUT2D eigenvalue weighted by molar-refractivity contribution is 9.10. The monoisotopic (exact) mass is 559 g/mol. The molecule has 0 unspecified atom stereocenters. The summed E-state index contributed by atoms with van der Waals surface area (Å²) in [6, 6.07) is 17.7. The minimum atomic E-state index is -1.18. The van der Waals surface area contributed by atoms with E-state index >= 15 is 0 Å². The number of rotatable bonds is 4. The summed E-state index contributed by atoms with van der Waals surface area (Å²) in [6.45, 7) is 1.94. The van der Waals surface area contributed by atoms with E-state index in [0.717, 1.165) is 14.5 Å². The van der Waals surface area contributed by atoms with Gasteiger partial charge in [-0.15, -0.1) is 0 Å². The number of halogens is 2. The van der Waals surface area contributed by atoms with E-state index in [1.165, 1.54) is 0 Å². The maximum Gasteiger partial charge on any atom is 0.412 e. The number of benzene rings is 3. The maximum atomic E-state index is 13.3. The van der Waals surface area contributed by atoms with Crippen molar-refractivity contribution in [3.05, 3.63) is 86.3 Å². The van der Waals surface area contributed by atoms with Gasteiger partial charge in [-0.2, -0.15) is 0 Å². The molecule has 1 aliphatic rings. The van der Waals surface area contributed by atoms with Gasteiger partial charge in [0.25, 0.3) is 0 Å². The number of Topliss-reactive ketones (excluding diaryl/α,β-unsaturated/α-hetero) is 1. The number of carbonyl (C=O) groups is 2.